The van der Waals surface area contributed by atoms with Gasteiger partial charge in [-0.15, -0.1) is 0 Å². The molecule has 0 unspecified atom stereocenters. The molecule has 0 aliphatic carbocycles. The van der Waals surface area contributed by atoms with Crippen molar-refractivity contribution in [1.82, 2.24) is 19.9 Å². The Morgan fingerprint density at radius 2 is 1.58 bits per heavy atom. The van der Waals surface area contributed by atoms with Crippen LogP contribution in [0.4, 0.5) is 11.6 Å². The first-order valence-electron chi connectivity index (χ1n) is 7.86. The quantitative estimate of drug-likeness (QED) is 0.722. The van der Waals surface area contributed by atoms with Crippen molar-refractivity contribution in [3.05, 3.63) is 72.6 Å². The number of rotatable bonds is 7. The fraction of sp³-hybridized carbons (Fsp3) is 0.222. The van der Waals surface area contributed by atoms with E-state index >= 15 is 0 Å². The minimum atomic E-state index is 0.708. The third-order valence-corrected chi connectivity index (χ3v) is 3.75. The van der Waals surface area contributed by atoms with Crippen LogP contribution in [0.3, 0.4) is 0 Å². The third kappa shape index (κ3) is 4.49. The van der Waals surface area contributed by atoms with Gasteiger partial charge in [0.05, 0.1) is 0 Å². The Labute approximate surface area is 141 Å². The van der Waals surface area contributed by atoms with Gasteiger partial charge in [0, 0.05) is 51.0 Å². The van der Waals surface area contributed by atoms with Crippen molar-refractivity contribution in [1.29, 1.82) is 0 Å². The molecule has 0 atom stereocenters. The lowest BCUT2D eigenvalue weighted by molar-refractivity contribution is 0.854. The number of hydrogen-bond donors (Lipinski definition) is 1. The molecule has 0 amide bonds. The number of pyridine rings is 2. The summed E-state index contributed by atoms with van der Waals surface area (Å²) >= 11 is 0. The highest BCUT2D eigenvalue weighted by molar-refractivity contribution is 5.48. The molecule has 0 saturated carbocycles. The highest BCUT2D eigenvalue weighted by Crippen LogP contribution is 2.14. The molecule has 6 nitrogen and oxygen atoms in total. The molecule has 6 heteroatoms. The summed E-state index contributed by atoms with van der Waals surface area (Å²) in [5.74, 6) is 1.71. The van der Waals surface area contributed by atoms with E-state index in [-0.39, 0.29) is 0 Å². The fourth-order valence-corrected chi connectivity index (χ4v) is 2.31. The molecule has 0 spiro atoms. The van der Waals surface area contributed by atoms with Gasteiger partial charge in [-0.05, 0) is 41.8 Å². The molecule has 0 aromatic carbocycles. The second kappa shape index (κ2) is 8.01. The van der Waals surface area contributed by atoms with Gasteiger partial charge < -0.3 is 10.2 Å². The number of likely N-dealkylation sites (N-methyl/N-ethyl adjacent to an activating group) is 1. The lowest BCUT2D eigenvalue weighted by atomic mass is 10.2. The summed E-state index contributed by atoms with van der Waals surface area (Å²) in [7, 11) is 2.04. The predicted octanol–water partition coefficient (Wildman–Crippen LogP) is 2.56. The number of anilines is 2. The van der Waals surface area contributed by atoms with E-state index in [0.717, 1.165) is 30.2 Å². The van der Waals surface area contributed by atoms with Gasteiger partial charge in [0.15, 0.2) is 0 Å². The average molecular weight is 320 g/mol. The molecule has 0 radical (unpaired) electrons. The van der Waals surface area contributed by atoms with Gasteiger partial charge in [0.1, 0.15) is 18.0 Å². The normalized spacial score (nSPS) is 10.4. The van der Waals surface area contributed by atoms with Gasteiger partial charge in [-0.3, -0.25) is 9.97 Å². The van der Waals surface area contributed by atoms with Crippen molar-refractivity contribution in [3.63, 3.8) is 0 Å². The zero-order valence-corrected chi connectivity index (χ0v) is 13.6. The second-order valence-corrected chi connectivity index (χ2v) is 5.50. The van der Waals surface area contributed by atoms with E-state index in [1.165, 1.54) is 5.56 Å². The first kappa shape index (κ1) is 15.9. The van der Waals surface area contributed by atoms with Crippen LogP contribution in [-0.4, -0.2) is 33.5 Å². The maximum absolute atomic E-state index is 4.36. The average Bonchev–Trinajstić information content (AvgIpc) is 2.66. The van der Waals surface area contributed by atoms with Gasteiger partial charge >= 0.3 is 0 Å². The Balaban J connectivity index is 1.57. The van der Waals surface area contributed by atoms with Crippen LogP contribution in [0.5, 0.6) is 0 Å². The zero-order chi connectivity index (χ0) is 16.6. The van der Waals surface area contributed by atoms with Crippen molar-refractivity contribution in [2.45, 2.75) is 13.0 Å². The highest BCUT2D eigenvalue weighted by atomic mass is 15.2. The van der Waals surface area contributed by atoms with Gasteiger partial charge in [0.2, 0.25) is 0 Å². The molecule has 3 rings (SSSR count). The summed E-state index contributed by atoms with van der Waals surface area (Å²) in [4.78, 5) is 18.8. The Bertz CT molecular complexity index is 748. The molecule has 3 aromatic heterocycles. The van der Waals surface area contributed by atoms with Crippen LogP contribution < -0.4 is 10.2 Å². The molecule has 0 aliphatic rings. The van der Waals surface area contributed by atoms with E-state index in [2.05, 4.69) is 30.2 Å². The van der Waals surface area contributed by atoms with Crippen LogP contribution in [0.25, 0.3) is 0 Å². The first-order valence-corrected chi connectivity index (χ1v) is 7.86. The Hall–Kier alpha value is -3.02. The number of nitrogens with one attached hydrogen (secondary N) is 1. The van der Waals surface area contributed by atoms with Crippen molar-refractivity contribution >= 4 is 11.6 Å². The molecule has 0 aliphatic heterocycles. The predicted molar refractivity (Wildman–Crippen MR) is 94.8 cm³/mol. The molecule has 1 N–H and O–H groups in total. The largest absolute Gasteiger partial charge is 0.366 e. The molecule has 3 heterocycles. The summed E-state index contributed by atoms with van der Waals surface area (Å²) in [5.41, 5.74) is 2.43. The molecule has 0 saturated heterocycles. The lowest BCUT2D eigenvalue weighted by Crippen LogP contribution is -2.21. The van der Waals surface area contributed by atoms with Crippen LogP contribution in [0.15, 0.2) is 61.4 Å². The zero-order valence-electron chi connectivity index (χ0n) is 13.6. The van der Waals surface area contributed by atoms with E-state index < -0.39 is 0 Å². The molecule has 122 valence electrons. The lowest BCUT2D eigenvalue weighted by Gasteiger charge is -2.18. The topological polar surface area (TPSA) is 66.8 Å². The van der Waals surface area contributed by atoms with Gasteiger partial charge in [0.25, 0.3) is 0 Å². The highest BCUT2D eigenvalue weighted by Gasteiger charge is 2.05. The smallest absolute Gasteiger partial charge is 0.133 e. The van der Waals surface area contributed by atoms with Crippen molar-refractivity contribution < 1.29 is 0 Å². The van der Waals surface area contributed by atoms with Crippen molar-refractivity contribution in [2.75, 3.05) is 23.8 Å². The SMILES string of the molecule is CN(CCc1ccncc1)c1cc(NCc2ccncc2)ncn1. The summed E-state index contributed by atoms with van der Waals surface area (Å²) in [6.45, 7) is 1.59. The first-order chi connectivity index (χ1) is 11.8. The van der Waals surface area contributed by atoms with E-state index in [0.29, 0.717) is 6.54 Å². The third-order valence-electron chi connectivity index (χ3n) is 3.75. The standard InChI is InChI=1S/C18H20N6/c1-24(11-6-15-2-7-19-8-3-15)18-12-17(22-14-23-18)21-13-16-4-9-20-10-5-16/h2-5,7-10,12,14H,6,11,13H2,1H3,(H,21,22,23). The fourth-order valence-electron chi connectivity index (χ4n) is 2.31. The molecule has 0 bridgehead atoms. The Kier molecular flexibility index (Phi) is 5.29. The van der Waals surface area contributed by atoms with Gasteiger partial charge in [-0.25, -0.2) is 9.97 Å². The van der Waals surface area contributed by atoms with Crippen LogP contribution in [0.1, 0.15) is 11.1 Å². The van der Waals surface area contributed by atoms with Crippen LogP contribution in [0.2, 0.25) is 0 Å². The summed E-state index contributed by atoms with van der Waals surface area (Å²) < 4.78 is 0. The Morgan fingerprint density at radius 3 is 2.29 bits per heavy atom. The van der Waals surface area contributed by atoms with Crippen LogP contribution >= 0.6 is 0 Å². The maximum atomic E-state index is 4.36. The van der Waals surface area contributed by atoms with Gasteiger partial charge in [-0.1, -0.05) is 0 Å². The minimum absolute atomic E-state index is 0.708. The monoisotopic (exact) mass is 320 g/mol. The van der Waals surface area contributed by atoms with Crippen LogP contribution in [0, 0.1) is 0 Å². The molecule has 3 aromatic rings. The second-order valence-electron chi connectivity index (χ2n) is 5.50. The molecular weight excluding hydrogens is 300 g/mol. The van der Waals surface area contributed by atoms with Crippen molar-refractivity contribution in [3.8, 4) is 0 Å². The molecule has 0 fully saturated rings. The number of aromatic nitrogens is 4. The summed E-state index contributed by atoms with van der Waals surface area (Å²) in [6.07, 6.45) is 9.75. The van der Waals surface area contributed by atoms with E-state index in [1.54, 1.807) is 18.7 Å². The Morgan fingerprint density at radius 1 is 0.917 bits per heavy atom. The molecule has 24 heavy (non-hydrogen) atoms. The van der Waals surface area contributed by atoms with E-state index in [4.69, 9.17) is 0 Å². The molecular formula is C18H20N6. The van der Waals surface area contributed by atoms with Crippen LogP contribution in [-0.2, 0) is 13.0 Å². The summed E-state index contributed by atoms with van der Waals surface area (Å²) in [6, 6.07) is 10.0. The summed E-state index contributed by atoms with van der Waals surface area (Å²) in [5, 5.41) is 3.32. The van der Waals surface area contributed by atoms with E-state index in [1.807, 2.05) is 49.8 Å². The van der Waals surface area contributed by atoms with Crippen molar-refractivity contribution in [2.24, 2.45) is 0 Å². The number of nitrogens with zero attached hydrogens (tertiary/aromatic N) is 5. The minimum Gasteiger partial charge on any atom is -0.366 e. The number of hydrogen-bond acceptors (Lipinski definition) is 6. The van der Waals surface area contributed by atoms with E-state index in [9.17, 15) is 0 Å². The maximum Gasteiger partial charge on any atom is 0.133 e. The van der Waals surface area contributed by atoms with Gasteiger partial charge in [-0.2, -0.15) is 0 Å².